The van der Waals surface area contributed by atoms with Gasteiger partial charge in [-0.25, -0.2) is 5.01 Å². The van der Waals surface area contributed by atoms with E-state index in [2.05, 4.69) is 22.3 Å². The average Bonchev–Trinajstić information content (AvgIpc) is 1.23. The largest absolute Gasteiger partial charge is 0.310 e. The van der Waals surface area contributed by atoms with Gasteiger partial charge in [0.15, 0.2) is 0 Å². The van der Waals surface area contributed by atoms with E-state index in [9.17, 15) is 0 Å². The van der Waals surface area contributed by atoms with E-state index >= 15 is 0 Å². The van der Waals surface area contributed by atoms with Gasteiger partial charge in [0.25, 0.3) is 0 Å². The fourth-order valence-corrected chi connectivity index (χ4v) is 0.496. The van der Waals surface area contributed by atoms with Crippen LogP contribution in [0.3, 0.4) is 0 Å². The Hall–Kier alpha value is -0.500. The summed E-state index contributed by atoms with van der Waals surface area (Å²) in [5.41, 5.74) is 0. The monoisotopic (exact) mass is 98.1 g/mol. The topological polar surface area (TPSA) is 6.48 Å². The van der Waals surface area contributed by atoms with Crippen LogP contribution in [0.1, 0.15) is 0 Å². The molecule has 1 aliphatic heterocycles. The summed E-state index contributed by atoms with van der Waals surface area (Å²) in [4.78, 5) is 0. The molecule has 2 nitrogen and oxygen atoms in total. The Balaban J connectivity index is 2.29. The molecule has 7 heavy (non-hydrogen) atoms. The maximum absolute atomic E-state index is 2.12. The van der Waals surface area contributed by atoms with E-state index in [1.807, 2.05) is 14.1 Å². The van der Waals surface area contributed by atoms with E-state index in [4.69, 9.17) is 0 Å². The van der Waals surface area contributed by atoms with Crippen molar-refractivity contribution >= 4 is 0 Å². The predicted molar refractivity (Wildman–Crippen MR) is 29.5 cm³/mol. The molecule has 0 aromatic carbocycles. The minimum Gasteiger partial charge on any atom is -0.310 e. The van der Waals surface area contributed by atoms with Crippen LogP contribution in [0.2, 0.25) is 0 Å². The van der Waals surface area contributed by atoms with Crippen LogP contribution >= 0.6 is 0 Å². The SMILES string of the molecule is CN(C)N1C=CC1. The molecule has 0 aromatic rings. The van der Waals surface area contributed by atoms with E-state index < -0.39 is 0 Å². The van der Waals surface area contributed by atoms with E-state index in [0.29, 0.717) is 0 Å². The molecule has 1 aliphatic rings. The molecule has 0 saturated heterocycles. The summed E-state index contributed by atoms with van der Waals surface area (Å²) in [5.74, 6) is 0. The molecule has 0 radical (unpaired) electrons. The second-order valence-corrected chi connectivity index (χ2v) is 1.85. The summed E-state index contributed by atoms with van der Waals surface area (Å²) in [5, 5.41) is 4.18. The standard InChI is InChI=1S/C5H10N2/c1-6(2)7-4-3-5-7/h3-4H,5H2,1-2H3. The van der Waals surface area contributed by atoms with Crippen LogP contribution < -0.4 is 0 Å². The molecule has 0 atom stereocenters. The van der Waals surface area contributed by atoms with Gasteiger partial charge in [0.05, 0.1) is 6.54 Å². The Morgan fingerprint density at radius 2 is 2.14 bits per heavy atom. The number of hydrogen-bond donors (Lipinski definition) is 0. The van der Waals surface area contributed by atoms with Crippen molar-refractivity contribution < 1.29 is 0 Å². The number of hydrogen-bond acceptors (Lipinski definition) is 2. The molecule has 0 spiro atoms. The molecule has 1 rings (SSSR count). The van der Waals surface area contributed by atoms with Crippen molar-refractivity contribution in [1.82, 2.24) is 10.0 Å². The lowest BCUT2D eigenvalue weighted by Gasteiger charge is -2.31. The van der Waals surface area contributed by atoms with E-state index in [0.717, 1.165) is 6.54 Å². The summed E-state index contributed by atoms with van der Waals surface area (Å²) in [6, 6.07) is 0. The molecule has 0 unspecified atom stereocenters. The smallest absolute Gasteiger partial charge is 0.0538 e. The van der Waals surface area contributed by atoms with E-state index in [1.165, 1.54) is 0 Å². The van der Waals surface area contributed by atoms with E-state index in [1.54, 1.807) is 0 Å². The van der Waals surface area contributed by atoms with Crippen molar-refractivity contribution in [2.45, 2.75) is 0 Å². The van der Waals surface area contributed by atoms with Crippen LogP contribution in [0.15, 0.2) is 12.3 Å². The van der Waals surface area contributed by atoms with Crippen molar-refractivity contribution in [2.24, 2.45) is 0 Å². The van der Waals surface area contributed by atoms with Gasteiger partial charge in [-0.05, 0) is 6.08 Å². The van der Waals surface area contributed by atoms with Gasteiger partial charge in [-0.15, -0.1) is 0 Å². The number of rotatable bonds is 1. The molecule has 40 valence electrons. The molecular formula is C5H10N2. The van der Waals surface area contributed by atoms with Crippen LogP contribution in [-0.4, -0.2) is 30.7 Å². The van der Waals surface area contributed by atoms with Crippen molar-refractivity contribution in [3.63, 3.8) is 0 Å². The number of nitrogens with zero attached hydrogens (tertiary/aromatic N) is 2. The highest BCUT2D eigenvalue weighted by atomic mass is 15.6. The molecule has 0 bridgehead atoms. The Kier molecular flexibility index (Phi) is 1.02. The summed E-state index contributed by atoms with van der Waals surface area (Å²) in [6.45, 7) is 1.08. The zero-order valence-electron chi connectivity index (χ0n) is 4.76. The third kappa shape index (κ3) is 0.747. The lowest BCUT2D eigenvalue weighted by Crippen LogP contribution is -2.36. The van der Waals surface area contributed by atoms with Crippen LogP contribution in [0, 0.1) is 0 Å². The molecular weight excluding hydrogens is 88.1 g/mol. The Morgan fingerprint density at radius 3 is 2.14 bits per heavy atom. The van der Waals surface area contributed by atoms with Gasteiger partial charge in [0, 0.05) is 20.3 Å². The Labute approximate surface area is 44.0 Å². The van der Waals surface area contributed by atoms with Gasteiger partial charge in [-0.3, -0.25) is 0 Å². The van der Waals surface area contributed by atoms with Gasteiger partial charge in [-0.2, -0.15) is 0 Å². The molecule has 0 N–H and O–H groups in total. The van der Waals surface area contributed by atoms with Crippen molar-refractivity contribution in [3.8, 4) is 0 Å². The van der Waals surface area contributed by atoms with Crippen LogP contribution in [0.4, 0.5) is 0 Å². The van der Waals surface area contributed by atoms with Gasteiger partial charge in [0.1, 0.15) is 0 Å². The molecule has 0 aromatic heterocycles. The molecule has 1 heterocycles. The molecule has 2 heteroatoms. The summed E-state index contributed by atoms with van der Waals surface area (Å²) < 4.78 is 0. The highest BCUT2D eigenvalue weighted by Crippen LogP contribution is 2.01. The zero-order valence-corrected chi connectivity index (χ0v) is 4.76. The minimum atomic E-state index is 1.08. The zero-order chi connectivity index (χ0) is 5.28. The minimum absolute atomic E-state index is 1.08. The Bertz CT molecular complexity index is 86.1. The lowest BCUT2D eigenvalue weighted by molar-refractivity contribution is 0.0767. The van der Waals surface area contributed by atoms with Crippen LogP contribution in [0.25, 0.3) is 0 Å². The molecule has 0 saturated carbocycles. The second kappa shape index (κ2) is 1.54. The summed E-state index contributed by atoms with van der Waals surface area (Å²) in [7, 11) is 4.06. The third-order valence-corrected chi connectivity index (χ3v) is 1.08. The first kappa shape index (κ1) is 4.65. The quantitative estimate of drug-likeness (QED) is 0.465. The first-order chi connectivity index (χ1) is 3.30. The predicted octanol–water partition coefficient (Wildman–Crippen LogP) is 0.292. The first-order valence-electron chi connectivity index (χ1n) is 2.41. The maximum Gasteiger partial charge on any atom is 0.0538 e. The van der Waals surface area contributed by atoms with Gasteiger partial charge in [-0.1, -0.05) is 0 Å². The Morgan fingerprint density at radius 1 is 1.57 bits per heavy atom. The van der Waals surface area contributed by atoms with Crippen molar-refractivity contribution in [2.75, 3.05) is 20.6 Å². The van der Waals surface area contributed by atoms with Crippen LogP contribution in [0.5, 0.6) is 0 Å². The summed E-state index contributed by atoms with van der Waals surface area (Å²) >= 11 is 0. The second-order valence-electron chi connectivity index (χ2n) is 1.85. The van der Waals surface area contributed by atoms with Crippen molar-refractivity contribution in [1.29, 1.82) is 0 Å². The highest BCUT2D eigenvalue weighted by molar-refractivity contribution is 4.94. The first-order valence-corrected chi connectivity index (χ1v) is 2.41. The molecule has 0 fully saturated rings. The van der Waals surface area contributed by atoms with Gasteiger partial charge < -0.3 is 5.01 Å². The third-order valence-electron chi connectivity index (χ3n) is 1.08. The fourth-order valence-electron chi connectivity index (χ4n) is 0.496. The number of hydrazine groups is 1. The van der Waals surface area contributed by atoms with E-state index in [-0.39, 0.29) is 0 Å². The van der Waals surface area contributed by atoms with Crippen LogP contribution in [-0.2, 0) is 0 Å². The van der Waals surface area contributed by atoms with Gasteiger partial charge >= 0.3 is 0 Å². The van der Waals surface area contributed by atoms with Crippen molar-refractivity contribution in [3.05, 3.63) is 12.3 Å². The molecule has 0 aliphatic carbocycles. The lowest BCUT2D eigenvalue weighted by atomic mass is 10.4. The highest BCUT2D eigenvalue weighted by Gasteiger charge is 2.03. The molecule has 0 amide bonds. The normalized spacial score (nSPS) is 17.9. The summed E-state index contributed by atoms with van der Waals surface area (Å²) in [6.07, 6.45) is 4.18. The average molecular weight is 98.1 g/mol. The fraction of sp³-hybridized carbons (Fsp3) is 0.600. The van der Waals surface area contributed by atoms with Gasteiger partial charge in [0.2, 0.25) is 0 Å². The maximum atomic E-state index is 2.12.